The number of nitrogens with zero attached hydrogens (tertiary/aromatic N) is 1. The van der Waals surface area contributed by atoms with Gasteiger partial charge in [-0.05, 0) is 22.4 Å². The second-order valence-electron chi connectivity index (χ2n) is 3.70. The Bertz CT molecular complexity index is 519. The average molecular weight is 167 g/mol. The van der Waals surface area contributed by atoms with E-state index < -0.39 is 0 Å². The maximum absolute atomic E-state index is 8.88. The Labute approximate surface area is 76.6 Å². The van der Waals surface area contributed by atoms with E-state index in [-0.39, 0.29) is 5.92 Å². The van der Waals surface area contributed by atoms with Crippen molar-refractivity contribution in [2.24, 2.45) is 11.8 Å². The third-order valence-corrected chi connectivity index (χ3v) is 3.03. The Morgan fingerprint density at radius 3 is 3.00 bits per heavy atom. The van der Waals surface area contributed by atoms with E-state index in [4.69, 9.17) is 5.26 Å². The third-order valence-electron chi connectivity index (χ3n) is 3.03. The Kier molecular flexibility index (Phi) is 1.19. The van der Waals surface area contributed by atoms with Gasteiger partial charge in [-0.15, -0.1) is 0 Å². The fourth-order valence-corrected chi connectivity index (χ4v) is 2.30. The van der Waals surface area contributed by atoms with Crippen molar-refractivity contribution in [3.05, 3.63) is 34.7 Å². The van der Waals surface area contributed by atoms with Gasteiger partial charge in [0.25, 0.3) is 0 Å². The number of rotatable bonds is 0. The first kappa shape index (κ1) is 6.91. The van der Waals surface area contributed by atoms with Crippen LogP contribution in [0.4, 0.5) is 0 Å². The van der Waals surface area contributed by atoms with Gasteiger partial charge in [0.15, 0.2) is 0 Å². The lowest BCUT2D eigenvalue weighted by atomic mass is 10.1. The fourth-order valence-electron chi connectivity index (χ4n) is 2.30. The molecule has 0 radical (unpaired) electrons. The first-order valence-electron chi connectivity index (χ1n) is 4.61. The summed E-state index contributed by atoms with van der Waals surface area (Å²) in [6.07, 6.45) is 3.31. The lowest BCUT2D eigenvalue weighted by molar-refractivity contribution is 0.846. The summed E-state index contributed by atoms with van der Waals surface area (Å²) < 4.78 is 0. The van der Waals surface area contributed by atoms with Crippen LogP contribution in [0.5, 0.6) is 0 Å². The molecular formula is C12H9N. The van der Waals surface area contributed by atoms with Crippen LogP contribution in [0.25, 0.3) is 11.6 Å². The van der Waals surface area contributed by atoms with Crippen LogP contribution in [0.15, 0.2) is 24.3 Å². The highest BCUT2D eigenvalue weighted by atomic mass is 14.5. The summed E-state index contributed by atoms with van der Waals surface area (Å²) in [7, 11) is 0. The molecule has 2 unspecified atom stereocenters. The second-order valence-corrected chi connectivity index (χ2v) is 3.70. The highest BCUT2D eigenvalue weighted by Crippen LogP contribution is 2.49. The summed E-state index contributed by atoms with van der Waals surface area (Å²) in [5, 5.41) is 11.5. The minimum atomic E-state index is 0.208. The van der Waals surface area contributed by atoms with Crippen molar-refractivity contribution in [1.29, 1.82) is 5.26 Å². The molecule has 1 fully saturated rings. The normalized spacial score (nSPS) is 28.1. The Morgan fingerprint density at radius 2 is 2.15 bits per heavy atom. The Balaban J connectivity index is 2.38. The first-order valence-corrected chi connectivity index (χ1v) is 4.61. The van der Waals surface area contributed by atoms with Crippen molar-refractivity contribution >= 4 is 11.6 Å². The van der Waals surface area contributed by atoms with Crippen LogP contribution < -0.4 is 10.4 Å². The van der Waals surface area contributed by atoms with Crippen LogP contribution in [-0.2, 0) is 0 Å². The van der Waals surface area contributed by atoms with E-state index in [9.17, 15) is 0 Å². The predicted octanol–water partition coefficient (Wildman–Crippen LogP) is 0.791. The molecule has 1 nitrogen and oxygen atoms in total. The summed E-state index contributed by atoms with van der Waals surface area (Å²) in [6, 6.07) is 10.7. The first-order chi connectivity index (χ1) is 6.42. The maximum Gasteiger partial charge on any atom is 0.0754 e. The molecule has 1 aromatic carbocycles. The number of fused-ring (bicyclic) bond motifs is 2. The van der Waals surface area contributed by atoms with Crippen LogP contribution in [0.3, 0.4) is 0 Å². The monoisotopic (exact) mass is 167 g/mol. The molecule has 0 saturated heterocycles. The van der Waals surface area contributed by atoms with Crippen LogP contribution >= 0.6 is 0 Å². The van der Waals surface area contributed by atoms with Gasteiger partial charge in [0.2, 0.25) is 0 Å². The Morgan fingerprint density at radius 1 is 1.31 bits per heavy atom. The molecule has 0 aromatic heterocycles. The van der Waals surface area contributed by atoms with Crippen LogP contribution in [0.2, 0.25) is 0 Å². The van der Waals surface area contributed by atoms with Gasteiger partial charge in [-0.3, -0.25) is 0 Å². The smallest absolute Gasteiger partial charge is 0.0754 e. The zero-order valence-electron chi connectivity index (χ0n) is 7.20. The zero-order valence-corrected chi connectivity index (χ0v) is 7.20. The average Bonchev–Trinajstić information content (AvgIpc) is 2.91. The largest absolute Gasteiger partial charge is 0.198 e. The molecule has 0 bridgehead atoms. The highest BCUT2D eigenvalue weighted by molar-refractivity contribution is 5.73. The van der Waals surface area contributed by atoms with E-state index in [2.05, 4.69) is 36.4 Å². The van der Waals surface area contributed by atoms with Gasteiger partial charge in [0, 0.05) is 5.92 Å². The summed E-state index contributed by atoms with van der Waals surface area (Å²) in [4.78, 5) is 0. The maximum atomic E-state index is 8.88. The molecule has 2 aliphatic rings. The minimum absolute atomic E-state index is 0.208. The van der Waals surface area contributed by atoms with Crippen LogP contribution in [-0.4, -0.2) is 0 Å². The summed E-state index contributed by atoms with van der Waals surface area (Å²) in [5.74, 6) is 0.750. The molecule has 0 aliphatic heterocycles. The van der Waals surface area contributed by atoms with Crippen molar-refractivity contribution in [3.8, 4) is 6.07 Å². The molecule has 62 valence electrons. The number of nitriles is 1. The Hall–Kier alpha value is -1.55. The third kappa shape index (κ3) is 0.805. The number of benzene rings is 1. The molecule has 0 heterocycles. The zero-order chi connectivity index (χ0) is 8.84. The van der Waals surface area contributed by atoms with Crippen LogP contribution in [0, 0.1) is 23.2 Å². The molecule has 1 heteroatoms. The summed E-state index contributed by atoms with van der Waals surface area (Å²) in [5.41, 5.74) is 1.38. The molecular weight excluding hydrogens is 158 g/mol. The van der Waals surface area contributed by atoms with Crippen molar-refractivity contribution in [2.75, 3.05) is 0 Å². The molecule has 0 spiro atoms. The molecule has 3 rings (SSSR count). The SMILES string of the molecule is N#CC1C2=c3ccccc3=CCC21. The van der Waals surface area contributed by atoms with E-state index in [0.29, 0.717) is 5.92 Å². The van der Waals surface area contributed by atoms with Gasteiger partial charge in [-0.2, -0.15) is 5.26 Å². The van der Waals surface area contributed by atoms with Gasteiger partial charge >= 0.3 is 0 Å². The second kappa shape index (κ2) is 2.23. The van der Waals surface area contributed by atoms with E-state index in [1.165, 1.54) is 16.0 Å². The molecule has 2 aliphatic carbocycles. The van der Waals surface area contributed by atoms with Gasteiger partial charge in [0.1, 0.15) is 0 Å². The quantitative estimate of drug-likeness (QED) is 0.560. The number of hydrogen-bond donors (Lipinski definition) is 0. The van der Waals surface area contributed by atoms with Gasteiger partial charge in [-0.25, -0.2) is 0 Å². The van der Waals surface area contributed by atoms with Gasteiger partial charge in [0.05, 0.1) is 12.0 Å². The standard InChI is InChI=1S/C12H9N/c13-7-11-10-6-5-8-3-1-2-4-9(8)12(10)11/h1-5,10-11H,6H2. The highest BCUT2D eigenvalue weighted by Gasteiger charge is 2.44. The van der Waals surface area contributed by atoms with Crippen molar-refractivity contribution in [1.82, 2.24) is 0 Å². The topological polar surface area (TPSA) is 23.8 Å². The van der Waals surface area contributed by atoms with E-state index >= 15 is 0 Å². The van der Waals surface area contributed by atoms with Crippen molar-refractivity contribution < 1.29 is 0 Å². The molecule has 13 heavy (non-hydrogen) atoms. The lowest BCUT2D eigenvalue weighted by Gasteiger charge is -1.95. The number of hydrogen-bond acceptors (Lipinski definition) is 1. The lowest BCUT2D eigenvalue weighted by Crippen LogP contribution is -2.25. The van der Waals surface area contributed by atoms with Gasteiger partial charge in [-0.1, -0.05) is 30.3 Å². The molecule has 2 atom stereocenters. The van der Waals surface area contributed by atoms with Gasteiger partial charge < -0.3 is 0 Å². The fraction of sp³-hybridized carbons (Fsp3) is 0.250. The molecule has 1 saturated carbocycles. The van der Waals surface area contributed by atoms with Crippen molar-refractivity contribution in [2.45, 2.75) is 6.42 Å². The molecule has 1 aromatic rings. The summed E-state index contributed by atoms with van der Waals surface area (Å²) >= 11 is 0. The minimum Gasteiger partial charge on any atom is -0.198 e. The van der Waals surface area contributed by atoms with E-state index in [1.54, 1.807) is 0 Å². The van der Waals surface area contributed by atoms with E-state index in [1.807, 2.05) is 0 Å². The summed E-state index contributed by atoms with van der Waals surface area (Å²) in [6.45, 7) is 0. The van der Waals surface area contributed by atoms with Crippen molar-refractivity contribution in [3.63, 3.8) is 0 Å². The van der Waals surface area contributed by atoms with E-state index in [0.717, 1.165) is 6.42 Å². The predicted molar refractivity (Wildman–Crippen MR) is 50.8 cm³/mol. The molecule has 0 N–H and O–H groups in total. The molecule has 0 amide bonds. The van der Waals surface area contributed by atoms with Crippen LogP contribution in [0.1, 0.15) is 6.42 Å².